The van der Waals surface area contributed by atoms with Gasteiger partial charge in [-0.1, -0.05) is 43.5 Å². The van der Waals surface area contributed by atoms with Crippen LogP contribution in [-0.2, 0) is 27.5 Å². The van der Waals surface area contributed by atoms with Gasteiger partial charge in [-0.2, -0.15) is 0 Å². The number of nitrogens with zero attached hydrogens (tertiary/aromatic N) is 1. The predicted octanol–water partition coefficient (Wildman–Crippen LogP) is 3.36. The van der Waals surface area contributed by atoms with E-state index in [0.29, 0.717) is 24.2 Å². The van der Waals surface area contributed by atoms with Crippen molar-refractivity contribution in [3.63, 3.8) is 0 Å². The molecule has 146 valence electrons. The van der Waals surface area contributed by atoms with Crippen molar-refractivity contribution in [1.29, 1.82) is 0 Å². The summed E-state index contributed by atoms with van der Waals surface area (Å²) < 4.78 is 12.0. The molecule has 2 aliphatic heterocycles. The van der Waals surface area contributed by atoms with Gasteiger partial charge in [-0.25, -0.2) is 0 Å². The number of ether oxygens (including phenoxy) is 2. The lowest BCUT2D eigenvalue weighted by atomic mass is 9.77. The Labute approximate surface area is 161 Å². The molecule has 5 heteroatoms. The minimum absolute atomic E-state index is 0.0106. The number of rotatable bonds is 6. The summed E-state index contributed by atoms with van der Waals surface area (Å²) in [6.07, 6.45) is 8.89. The van der Waals surface area contributed by atoms with Gasteiger partial charge >= 0.3 is 0 Å². The second-order valence-corrected chi connectivity index (χ2v) is 7.95. The van der Waals surface area contributed by atoms with Crippen molar-refractivity contribution in [1.82, 2.24) is 4.90 Å². The van der Waals surface area contributed by atoms with Crippen LogP contribution in [0.25, 0.3) is 0 Å². The third-order valence-electron chi connectivity index (χ3n) is 5.93. The smallest absolute Gasteiger partial charge is 0.288 e. The normalized spacial score (nSPS) is 25.7. The summed E-state index contributed by atoms with van der Waals surface area (Å²) in [5.41, 5.74) is 1.93. The van der Waals surface area contributed by atoms with E-state index in [-0.39, 0.29) is 18.8 Å². The fourth-order valence-electron chi connectivity index (χ4n) is 4.17. The highest BCUT2D eigenvalue weighted by molar-refractivity contribution is 5.93. The zero-order valence-electron chi connectivity index (χ0n) is 15.8. The summed E-state index contributed by atoms with van der Waals surface area (Å²) in [5.74, 6) is 1.49. The SMILES string of the molecule is O=C(C1=C[C@H](C2CCCCC2)C[C@H](OCc2ccc(CO)cc2)O1)N1CC1. The zero-order valence-corrected chi connectivity index (χ0v) is 15.8. The minimum Gasteiger partial charge on any atom is -0.459 e. The molecule has 5 nitrogen and oxygen atoms in total. The van der Waals surface area contributed by atoms with Crippen LogP contribution in [0, 0.1) is 11.8 Å². The highest BCUT2D eigenvalue weighted by atomic mass is 16.7. The molecule has 2 heterocycles. The van der Waals surface area contributed by atoms with E-state index < -0.39 is 0 Å². The lowest BCUT2D eigenvalue weighted by molar-refractivity contribution is -0.158. The number of aliphatic hydroxyl groups is 1. The molecule has 27 heavy (non-hydrogen) atoms. The molecular formula is C22H29NO4. The van der Waals surface area contributed by atoms with E-state index in [9.17, 15) is 4.79 Å². The van der Waals surface area contributed by atoms with Gasteiger partial charge in [0.15, 0.2) is 5.76 Å². The summed E-state index contributed by atoms with van der Waals surface area (Å²) in [4.78, 5) is 14.3. The Bertz CT molecular complexity index is 674. The maximum Gasteiger partial charge on any atom is 0.288 e. The van der Waals surface area contributed by atoms with Crippen LogP contribution in [0.5, 0.6) is 0 Å². The summed E-state index contributed by atoms with van der Waals surface area (Å²) in [5, 5.41) is 9.15. The molecular weight excluding hydrogens is 342 g/mol. The van der Waals surface area contributed by atoms with Gasteiger partial charge in [0.05, 0.1) is 13.2 Å². The topological polar surface area (TPSA) is 58.8 Å². The van der Waals surface area contributed by atoms with Crippen LogP contribution in [0.2, 0.25) is 0 Å². The number of allylic oxidation sites excluding steroid dienone is 1. The fourth-order valence-corrected chi connectivity index (χ4v) is 4.17. The fraction of sp³-hybridized carbons (Fsp3) is 0.591. The Hall–Kier alpha value is -1.85. The zero-order chi connectivity index (χ0) is 18.6. The Morgan fingerprint density at radius 2 is 1.81 bits per heavy atom. The lowest BCUT2D eigenvalue weighted by Gasteiger charge is -2.35. The summed E-state index contributed by atoms with van der Waals surface area (Å²) in [6, 6.07) is 7.73. The average Bonchev–Trinajstić information content (AvgIpc) is 3.58. The van der Waals surface area contributed by atoms with Gasteiger partial charge in [0.1, 0.15) is 0 Å². The van der Waals surface area contributed by atoms with Crippen LogP contribution in [-0.4, -0.2) is 35.3 Å². The van der Waals surface area contributed by atoms with Crippen LogP contribution < -0.4 is 0 Å². The first-order chi connectivity index (χ1) is 13.2. The number of carbonyl (C=O) groups is 1. The number of carbonyl (C=O) groups excluding carboxylic acids is 1. The second kappa shape index (κ2) is 8.44. The van der Waals surface area contributed by atoms with Gasteiger partial charge in [0, 0.05) is 19.5 Å². The van der Waals surface area contributed by atoms with Gasteiger partial charge < -0.3 is 19.5 Å². The monoisotopic (exact) mass is 371 g/mol. The summed E-state index contributed by atoms with van der Waals surface area (Å²) in [7, 11) is 0. The van der Waals surface area contributed by atoms with Crippen LogP contribution >= 0.6 is 0 Å². The summed E-state index contributed by atoms with van der Waals surface area (Å²) >= 11 is 0. The Kier molecular flexibility index (Phi) is 5.79. The average molecular weight is 371 g/mol. The molecule has 1 aromatic carbocycles. The first kappa shape index (κ1) is 18.5. The minimum atomic E-state index is -0.377. The standard InChI is InChI=1S/C22H29NO4/c24-14-16-6-8-17(9-7-16)15-26-21-13-19(18-4-2-1-3-5-18)12-20(27-21)22(25)23-10-11-23/h6-9,12,18-19,21,24H,1-5,10-11,13-15H2/t19-,21+/m0/s1. The van der Waals surface area contributed by atoms with Gasteiger partial charge in [-0.15, -0.1) is 0 Å². The molecule has 0 radical (unpaired) electrons. The van der Waals surface area contributed by atoms with E-state index in [2.05, 4.69) is 6.08 Å². The van der Waals surface area contributed by atoms with Gasteiger partial charge in [-0.3, -0.25) is 4.79 Å². The van der Waals surface area contributed by atoms with E-state index in [4.69, 9.17) is 14.6 Å². The molecule has 0 unspecified atom stereocenters. The molecule has 0 aromatic heterocycles. The molecule has 1 saturated carbocycles. The molecule has 0 spiro atoms. The first-order valence-electron chi connectivity index (χ1n) is 10.2. The number of benzene rings is 1. The molecule has 1 aromatic rings. The van der Waals surface area contributed by atoms with Crippen molar-refractivity contribution in [2.75, 3.05) is 13.1 Å². The molecule has 1 N–H and O–H groups in total. The number of hydrogen-bond acceptors (Lipinski definition) is 4. The maximum absolute atomic E-state index is 12.5. The first-order valence-corrected chi connectivity index (χ1v) is 10.2. The second-order valence-electron chi connectivity index (χ2n) is 7.95. The van der Waals surface area contributed by atoms with Gasteiger partial charge in [-0.05, 0) is 41.9 Å². The predicted molar refractivity (Wildman–Crippen MR) is 101 cm³/mol. The number of aliphatic hydroxyl groups excluding tert-OH is 1. The third-order valence-corrected chi connectivity index (χ3v) is 5.93. The highest BCUT2D eigenvalue weighted by Gasteiger charge is 2.36. The molecule has 1 aliphatic carbocycles. The largest absolute Gasteiger partial charge is 0.459 e. The molecule has 1 amide bonds. The molecule has 2 fully saturated rings. The number of hydrogen-bond donors (Lipinski definition) is 1. The van der Waals surface area contributed by atoms with E-state index >= 15 is 0 Å². The molecule has 1 saturated heterocycles. The van der Waals surface area contributed by atoms with Crippen molar-refractivity contribution in [2.45, 2.75) is 58.0 Å². The lowest BCUT2D eigenvalue weighted by Crippen LogP contribution is -2.33. The Morgan fingerprint density at radius 3 is 2.48 bits per heavy atom. The third kappa shape index (κ3) is 4.71. The molecule has 0 bridgehead atoms. The van der Waals surface area contributed by atoms with Crippen molar-refractivity contribution < 1.29 is 19.4 Å². The quantitative estimate of drug-likeness (QED) is 0.779. The highest BCUT2D eigenvalue weighted by Crippen LogP contribution is 2.37. The van der Waals surface area contributed by atoms with E-state index in [0.717, 1.165) is 30.6 Å². The Balaban J connectivity index is 1.41. The number of amides is 1. The Morgan fingerprint density at radius 1 is 1.11 bits per heavy atom. The van der Waals surface area contributed by atoms with Crippen LogP contribution in [0.4, 0.5) is 0 Å². The van der Waals surface area contributed by atoms with Crippen molar-refractivity contribution in [3.05, 3.63) is 47.2 Å². The van der Waals surface area contributed by atoms with E-state index in [1.54, 1.807) is 4.90 Å². The molecule has 2 atom stereocenters. The van der Waals surface area contributed by atoms with Gasteiger partial charge in [0.25, 0.3) is 5.91 Å². The van der Waals surface area contributed by atoms with E-state index in [1.807, 2.05) is 24.3 Å². The molecule has 3 aliphatic rings. The summed E-state index contributed by atoms with van der Waals surface area (Å²) in [6.45, 7) is 2.15. The van der Waals surface area contributed by atoms with Crippen LogP contribution in [0.1, 0.15) is 49.7 Å². The van der Waals surface area contributed by atoms with Crippen molar-refractivity contribution in [2.24, 2.45) is 11.8 Å². The molecule has 4 rings (SSSR count). The van der Waals surface area contributed by atoms with Crippen molar-refractivity contribution in [3.8, 4) is 0 Å². The van der Waals surface area contributed by atoms with Crippen LogP contribution in [0.15, 0.2) is 36.1 Å². The van der Waals surface area contributed by atoms with E-state index in [1.165, 1.54) is 32.1 Å². The maximum atomic E-state index is 12.5. The van der Waals surface area contributed by atoms with Crippen LogP contribution in [0.3, 0.4) is 0 Å². The van der Waals surface area contributed by atoms with Gasteiger partial charge in [0.2, 0.25) is 6.29 Å². The van der Waals surface area contributed by atoms with Crippen molar-refractivity contribution >= 4 is 5.91 Å².